The van der Waals surface area contributed by atoms with Crippen LogP contribution < -0.4 is 16.4 Å². The van der Waals surface area contributed by atoms with Crippen LogP contribution >= 0.6 is 0 Å². The minimum Gasteiger partial charge on any atom is -0.390 e. The van der Waals surface area contributed by atoms with Gasteiger partial charge in [0.15, 0.2) is 11.5 Å². The minimum absolute atomic E-state index is 0.0672. The number of carbonyl (C=O) groups excluding carboxylic acids is 1. The van der Waals surface area contributed by atoms with E-state index < -0.39 is 12.2 Å². The first-order valence-corrected chi connectivity index (χ1v) is 12.7. The summed E-state index contributed by atoms with van der Waals surface area (Å²) in [5.74, 6) is 0.169. The highest BCUT2D eigenvalue weighted by Gasteiger charge is 2.43. The third-order valence-electron chi connectivity index (χ3n) is 7.07. The van der Waals surface area contributed by atoms with Crippen LogP contribution in [0.3, 0.4) is 0 Å². The van der Waals surface area contributed by atoms with Crippen molar-refractivity contribution in [2.75, 3.05) is 37.7 Å². The Morgan fingerprint density at radius 1 is 1.16 bits per heavy atom. The van der Waals surface area contributed by atoms with Crippen molar-refractivity contribution < 1.29 is 15.0 Å². The molecular formula is C26H38N8O3. The van der Waals surface area contributed by atoms with Gasteiger partial charge in [0.25, 0.3) is 0 Å². The fourth-order valence-electron chi connectivity index (χ4n) is 4.94. The first-order chi connectivity index (χ1) is 17.5. The summed E-state index contributed by atoms with van der Waals surface area (Å²) in [6, 6.07) is 7.30. The lowest BCUT2D eigenvalue weighted by Crippen LogP contribution is -2.36. The summed E-state index contributed by atoms with van der Waals surface area (Å²) in [6.45, 7) is 8.34. The predicted octanol–water partition coefficient (Wildman–Crippen LogP) is 2.13. The number of aromatic nitrogens is 4. The van der Waals surface area contributed by atoms with Crippen molar-refractivity contribution in [3.8, 4) is 0 Å². The molecule has 0 saturated heterocycles. The van der Waals surface area contributed by atoms with Gasteiger partial charge >= 0.3 is 6.03 Å². The molecule has 2 heterocycles. The minimum atomic E-state index is -0.935. The van der Waals surface area contributed by atoms with Crippen LogP contribution in [-0.4, -0.2) is 79.6 Å². The Hall–Kier alpha value is -3.28. The molecule has 2 amide bonds. The molecule has 11 nitrogen and oxygen atoms in total. The van der Waals surface area contributed by atoms with Crippen LogP contribution in [0.1, 0.15) is 45.2 Å². The van der Waals surface area contributed by atoms with Crippen LogP contribution in [0.4, 0.5) is 16.3 Å². The number of nitrogen functional groups attached to an aromatic ring is 1. The Labute approximate surface area is 217 Å². The van der Waals surface area contributed by atoms with Crippen molar-refractivity contribution in [2.24, 2.45) is 5.92 Å². The summed E-state index contributed by atoms with van der Waals surface area (Å²) in [7, 11) is 1.98. The number of nitrogens with zero attached hydrogens (tertiary/aromatic N) is 5. The lowest BCUT2D eigenvalue weighted by molar-refractivity contribution is 0.00164. The number of anilines is 2. The van der Waals surface area contributed by atoms with Gasteiger partial charge in [0.05, 0.1) is 18.5 Å². The first kappa shape index (κ1) is 26.8. The fourth-order valence-corrected chi connectivity index (χ4v) is 4.94. The second-order valence-electron chi connectivity index (χ2n) is 11.0. The maximum absolute atomic E-state index is 12.2. The van der Waals surface area contributed by atoms with Crippen molar-refractivity contribution in [2.45, 2.75) is 57.3 Å². The van der Waals surface area contributed by atoms with E-state index in [-0.39, 0.29) is 29.2 Å². The molecule has 11 heteroatoms. The first-order valence-electron chi connectivity index (χ1n) is 12.7. The number of nitrogens with two attached hydrogens (primary N) is 1. The predicted molar refractivity (Wildman–Crippen MR) is 143 cm³/mol. The Kier molecular flexibility index (Phi) is 7.96. The maximum Gasteiger partial charge on any atom is 0.319 e. The van der Waals surface area contributed by atoms with E-state index in [2.05, 4.69) is 51.3 Å². The Morgan fingerprint density at radius 2 is 1.89 bits per heavy atom. The van der Waals surface area contributed by atoms with E-state index in [0.717, 1.165) is 18.7 Å². The van der Waals surface area contributed by atoms with Crippen molar-refractivity contribution in [3.63, 3.8) is 0 Å². The Bertz CT molecular complexity index is 1210. The number of hydrogen-bond donors (Lipinski definition) is 5. The van der Waals surface area contributed by atoms with Gasteiger partial charge in [-0.05, 0) is 49.5 Å². The summed E-state index contributed by atoms with van der Waals surface area (Å²) in [4.78, 5) is 26.9. The molecule has 1 aliphatic rings. The van der Waals surface area contributed by atoms with E-state index in [4.69, 9.17) is 5.73 Å². The van der Waals surface area contributed by atoms with Crippen LogP contribution in [0.2, 0.25) is 0 Å². The SMILES string of the molecule is CN(CCCNC(=O)Nc1ccc(C(C)(C)C)cc1)C[C@H]1C[C@@H](n2cnc3c(N)ncnc32)[C@H](O)[C@@H]1O. The Balaban J connectivity index is 1.21. The van der Waals surface area contributed by atoms with E-state index in [1.807, 2.05) is 31.3 Å². The van der Waals surface area contributed by atoms with Crippen molar-refractivity contribution in [1.82, 2.24) is 29.7 Å². The third kappa shape index (κ3) is 6.17. The highest BCUT2D eigenvalue weighted by molar-refractivity contribution is 5.89. The van der Waals surface area contributed by atoms with E-state index in [1.54, 1.807) is 10.9 Å². The molecule has 0 radical (unpaired) electrons. The lowest BCUT2D eigenvalue weighted by atomic mass is 9.87. The molecule has 37 heavy (non-hydrogen) atoms. The number of rotatable bonds is 8. The summed E-state index contributed by atoms with van der Waals surface area (Å²) in [5.41, 5.74) is 8.95. The molecule has 0 spiro atoms. The topological polar surface area (TPSA) is 154 Å². The van der Waals surface area contributed by atoms with Gasteiger partial charge in [-0.2, -0.15) is 0 Å². The zero-order chi connectivity index (χ0) is 26.7. The number of hydrogen-bond acceptors (Lipinski definition) is 8. The molecule has 4 atom stereocenters. The number of carbonyl (C=O) groups is 1. The molecule has 4 rings (SSSR count). The molecular weight excluding hydrogens is 472 g/mol. The van der Waals surface area contributed by atoms with Crippen LogP contribution in [0, 0.1) is 5.92 Å². The van der Waals surface area contributed by atoms with E-state index in [9.17, 15) is 15.0 Å². The van der Waals surface area contributed by atoms with Gasteiger partial charge in [0.1, 0.15) is 17.9 Å². The summed E-state index contributed by atoms with van der Waals surface area (Å²) in [5, 5.41) is 27.2. The van der Waals surface area contributed by atoms with Gasteiger partial charge in [-0.25, -0.2) is 19.7 Å². The standard InChI is InChI=1S/C26H38N8O3/c1-26(2,3)17-6-8-18(9-7-17)32-25(37)28-10-5-11-33(4)13-16-12-19(22(36)21(16)35)34-15-31-20-23(27)29-14-30-24(20)34/h6-9,14-16,19,21-22,35-36H,5,10-13H2,1-4H3,(H2,27,29,30)(H2,28,32,37)/t16-,19-,21-,22+/m1/s1. The van der Waals surface area contributed by atoms with Crippen LogP contribution in [0.5, 0.6) is 0 Å². The number of fused-ring (bicyclic) bond motifs is 1. The van der Waals surface area contributed by atoms with E-state index in [1.165, 1.54) is 11.9 Å². The zero-order valence-electron chi connectivity index (χ0n) is 21.9. The molecule has 0 bridgehead atoms. The molecule has 0 unspecified atom stereocenters. The second kappa shape index (κ2) is 11.0. The molecule has 1 aliphatic carbocycles. The average molecular weight is 511 g/mol. The molecule has 1 saturated carbocycles. The fraction of sp³-hybridized carbons (Fsp3) is 0.538. The lowest BCUT2D eigenvalue weighted by Gasteiger charge is -2.23. The van der Waals surface area contributed by atoms with Crippen LogP contribution in [0.25, 0.3) is 11.2 Å². The highest BCUT2D eigenvalue weighted by atomic mass is 16.3. The molecule has 0 aliphatic heterocycles. The van der Waals surface area contributed by atoms with Gasteiger partial charge in [-0.1, -0.05) is 32.9 Å². The summed E-state index contributed by atoms with van der Waals surface area (Å²) in [6.07, 6.45) is 2.50. The number of imidazole rings is 1. The number of aliphatic hydroxyl groups is 2. The van der Waals surface area contributed by atoms with Gasteiger partial charge in [-0.3, -0.25) is 0 Å². The normalized spacial score (nSPS) is 22.0. The van der Waals surface area contributed by atoms with E-state index in [0.29, 0.717) is 30.7 Å². The molecule has 3 aromatic rings. The molecule has 6 N–H and O–H groups in total. The van der Waals surface area contributed by atoms with Gasteiger partial charge < -0.3 is 36.0 Å². The molecule has 2 aromatic heterocycles. The van der Waals surface area contributed by atoms with Crippen LogP contribution in [-0.2, 0) is 5.41 Å². The van der Waals surface area contributed by atoms with Gasteiger partial charge in [-0.15, -0.1) is 0 Å². The second-order valence-corrected chi connectivity index (χ2v) is 11.0. The highest BCUT2D eigenvalue weighted by Crippen LogP contribution is 2.37. The molecule has 200 valence electrons. The monoisotopic (exact) mass is 510 g/mol. The molecule has 1 aromatic carbocycles. The van der Waals surface area contributed by atoms with Gasteiger partial charge in [0.2, 0.25) is 0 Å². The third-order valence-corrected chi connectivity index (χ3v) is 7.07. The zero-order valence-corrected chi connectivity index (χ0v) is 21.9. The quantitative estimate of drug-likeness (QED) is 0.289. The number of nitrogens with one attached hydrogen (secondary N) is 2. The average Bonchev–Trinajstić information content (AvgIpc) is 3.39. The number of urea groups is 1. The largest absolute Gasteiger partial charge is 0.390 e. The van der Waals surface area contributed by atoms with Gasteiger partial charge in [0, 0.05) is 24.7 Å². The number of aliphatic hydroxyl groups excluding tert-OH is 2. The van der Waals surface area contributed by atoms with E-state index >= 15 is 0 Å². The van der Waals surface area contributed by atoms with Crippen molar-refractivity contribution >= 4 is 28.7 Å². The Morgan fingerprint density at radius 3 is 2.59 bits per heavy atom. The number of amides is 2. The number of benzene rings is 1. The van der Waals surface area contributed by atoms with Crippen LogP contribution in [0.15, 0.2) is 36.9 Å². The maximum atomic E-state index is 12.2. The molecule has 1 fully saturated rings. The summed E-state index contributed by atoms with van der Waals surface area (Å²) < 4.78 is 1.78. The smallest absolute Gasteiger partial charge is 0.319 e. The van der Waals surface area contributed by atoms with Crippen molar-refractivity contribution in [3.05, 3.63) is 42.5 Å². The summed E-state index contributed by atoms with van der Waals surface area (Å²) >= 11 is 0. The van der Waals surface area contributed by atoms with Crippen molar-refractivity contribution in [1.29, 1.82) is 0 Å².